The van der Waals surface area contributed by atoms with Crippen molar-refractivity contribution in [2.75, 3.05) is 0 Å². The van der Waals surface area contributed by atoms with Gasteiger partial charge in [0.15, 0.2) is 11.6 Å². The van der Waals surface area contributed by atoms with Gasteiger partial charge in [-0.2, -0.15) is 0 Å². The minimum atomic E-state index is -0.994. The van der Waals surface area contributed by atoms with Crippen molar-refractivity contribution in [1.82, 2.24) is 0 Å². The molecule has 0 amide bonds. The predicted octanol–water partition coefficient (Wildman–Crippen LogP) is -6.92. The molecule has 8 heteroatoms. The third-order valence-corrected chi connectivity index (χ3v) is 2.65. The summed E-state index contributed by atoms with van der Waals surface area (Å²) in [5.41, 5.74) is 0. The van der Waals surface area contributed by atoms with E-state index < -0.39 is 32.0 Å². The van der Waals surface area contributed by atoms with Crippen molar-refractivity contribution in [2.45, 2.75) is 0 Å². The van der Waals surface area contributed by atoms with Gasteiger partial charge in [0.1, 0.15) is 0 Å². The first-order valence-corrected chi connectivity index (χ1v) is 4.28. The molecule has 0 aromatic heterocycles. The number of allylic oxidation sites excluding steroid dienone is 2. The second-order valence-electron chi connectivity index (χ2n) is 1.94. The molecule has 0 bridgehead atoms. The second-order valence-corrected chi connectivity index (χ2v) is 3.53. The summed E-state index contributed by atoms with van der Waals surface area (Å²) in [5, 5.41) is 21.7. The van der Waals surface area contributed by atoms with E-state index in [0.717, 1.165) is 0 Å². The smallest absolute Gasteiger partial charge is 0.869 e. The standard InChI is InChI=1S/C6H2Br2O4.2Rb/c7-1-3(9)5(11)2(8)6(12)4(1)10;;/h9,12H;;/q;2*+1/p-2. The Kier molecular flexibility index (Phi) is 11.3. The molecule has 0 heterocycles. The second kappa shape index (κ2) is 8.16. The fraction of sp³-hybridized carbons (Fsp3) is 0. The summed E-state index contributed by atoms with van der Waals surface area (Å²) < 4.78 is -0.999. The molecule has 0 radical (unpaired) electrons. The Bertz CT molecular complexity index is 286. The Morgan fingerprint density at radius 1 is 0.786 bits per heavy atom. The van der Waals surface area contributed by atoms with Crippen molar-refractivity contribution in [1.29, 1.82) is 0 Å². The third-order valence-electron chi connectivity index (χ3n) is 1.21. The maximum atomic E-state index is 10.8. The minimum Gasteiger partial charge on any atom is -0.869 e. The molecule has 0 saturated heterocycles. The maximum Gasteiger partial charge on any atom is 1.00 e. The summed E-state index contributed by atoms with van der Waals surface area (Å²) in [6.45, 7) is 0. The molecule has 0 aliphatic heterocycles. The summed E-state index contributed by atoms with van der Waals surface area (Å²) in [4.78, 5) is 21.7. The van der Waals surface area contributed by atoms with Crippen LogP contribution in [0.25, 0.3) is 0 Å². The number of halogens is 2. The zero-order valence-electron chi connectivity index (χ0n) is 7.39. The predicted molar refractivity (Wildman–Crippen MR) is 41.9 cm³/mol. The van der Waals surface area contributed by atoms with Gasteiger partial charge in [-0.25, -0.2) is 0 Å². The number of hydrogen-bond donors (Lipinski definition) is 0. The van der Waals surface area contributed by atoms with E-state index in [1.54, 1.807) is 0 Å². The molecule has 0 fully saturated rings. The van der Waals surface area contributed by atoms with Gasteiger partial charge in [0.25, 0.3) is 0 Å². The molecule has 64 valence electrons. The van der Waals surface area contributed by atoms with Crippen molar-refractivity contribution in [3.8, 4) is 0 Å². The molecule has 1 rings (SSSR count). The molecule has 0 saturated carbocycles. The summed E-state index contributed by atoms with van der Waals surface area (Å²) in [5.74, 6) is -3.98. The van der Waals surface area contributed by atoms with Crippen LogP contribution in [0, 0.1) is 0 Å². The van der Waals surface area contributed by atoms with E-state index in [0.29, 0.717) is 0 Å². The SMILES string of the molecule is O=C1C([O-])=C(Br)C(=O)C([O-])=C1Br.[Rb+].[Rb+]. The fourth-order valence-electron chi connectivity index (χ4n) is 0.605. The first-order chi connectivity index (χ1) is 5.46. The van der Waals surface area contributed by atoms with Gasteiger partial charge in [0.2, 0.25) is 0 Å². The summed E-state index contributed by atoms with van der Waals surface area (Å²) in [7, 11) is 0. The Balaban J connectivity index is 0. The molecular formula is C6Br2O4Rb2. The van der Waals surface area contributed by atoms with E-state index in [2.05, 4.69) is 31.9 Å². The Hall–Kier alpha value is 2.99. The van der Waals surface area contributed by atoms with Gasteiger partial charge in [-0.05, 0) is 43.4 Å². The molecule has 1 aliphatic carbocycles. The van der Waals surface area contributed by atoms with Gasteiger partial charge in [0.05, 0.1) is 8.96 Å². The van der Waals surface area contributed by atoms with Crippen molar-refractivity contribution < 1.29 is 136 Å². The van der Waals surface area contributed by atoms with E-state index in [4.69, 9.17) is 0 Å². The molecule has 0 spiro atoms. The van der Waals surface area contributed by atoms with Gasteiger partial charge < -0.3 is 10.2 Å². The Morgan fingerprint density at radius 3 is 1.21 bits per heavy atom. The van der Waals surface area contributed by atoms with Crippen LogP contribution in [0.5, 0.6) is 0 Å². The zero-order valence-corrected chi connectivity index (χ0v) is 20.4. The first-order valence-electron chi connectivity index (χ1n) is 2.69. The van der Waals surface area contributed by atoms with Crippen LogP contribution < -0.4 is 127 Å². The number of carbonyl (C=O) groups is 2. The quantitative estimate of drug-likeness (QED) is 0.332. The Morgan fingerprint density at radius 2 is 1.00 bits per heavy atom. The summed E-state index contributed by atoms with van der Waals surface area (Å²) >= 11 is 5.14. The van der Waals surface area contributed by atoms with Crippen LogP contribution in [0.3, 0.4) is 0 Å². The van der Waals surface area contributed by atoms with Crippen molar-refractivity contribution >= 4 is 43.4 Å². The molecule has 0 aromatic rings. The van der Waals surface area contributed by atoms with Crippen LogP contribution in [-0.4, -0.2) is 11.6 Å². The number of hydrogen-bond acceptors (Lipinski definition) is 4. The van der Waals surface area contributed by atoms with Crippen molar-refractivity contribution in [2.24, 2.45) is 0 Å². The Labute approximate surface area is 194 Å². The van der Waals surface area contributed by atoms with E-state index in [1.165, 1.54) is 0 Å². The first kappa shape index (κ1) is 19.3. The van der Waals surface area contributed by atoms with Gasteiger partial charge in [-0.15, -0.1) is 0 Å². The maximum absolute atomic E-state index is 10.8. The van der Waals surface area contributed by atoms with Crippen LogP contribution in [0.15, 0.2) is 20.5 Å². The van der Waals surface area contributed by atoms with E-state index in [9.17, 15) is 19.8 Å². The molecular weight excluding hydrogens is 467 g/mol. The third kappa shape index (κ3) is 4.03. The zero-order chi connectivity index (χ0) is 9.46. The summed E-state index contributed by atoms with van der Waals surface area (Å²) in [6.07, 6.45) is 0. The largest absolute Gasteiger partial charge is 1.00 e. The number of ketones is 2. The normalized spacial score (nSPS) is 16.4. The van der Waals surface area contributed by atoms with E-state index >= 15 is 0 Å². The number of rotatable bonds is 0. The number of carbonyl (C=O) groups excluding carboxylic acids is 2. The van der Waals surface area contributed by atoms with Gasteiger partial charge in [-0.3, -0.25) is 9.59 Å². The monoisotopic (exact) mass is 464 g/mol. The average Bonchev–Trinajstić information content (AvgIpc) is 2.08. The average molecular weight is 467 g/mol. The van der Waals surface area contributed by atoms with Crippen LogP contribution >= 0.6 is 31.9 Å². The molecule has 4 nitrogen and oxygen atoms in total. The van der Waals surface area contributed by atoms with Crippen LogP contribution in [0.1, 0.15) is 0 Å². The van der Waals surface area contributed by atoms with Crippen molar-refractivity contribution in [3.05, 3.63) is 20.5 Å². The molecule has 0 unspecified atom stereocenters. The summed E-state index contributed by atoms with van der Waals surface area (Å²) in [6, 6.07) is 0. The van der Waals surface area contributed by atoms with Crippen LogP contribution in [0.4, 0.5) is 0 Å². The molecule has 0 N–H and O–H groups in total. The van der Waals surface area contributed by atoms with Gasteiger partial charge in [0, 0.05) is 0 Å². The van der Waals surface area contributed by atoms with Crippen molar-refractivity contribution in [3.63, 3.8) is 0 Å². The molecule has 1 aliphatic rings. The topological polar surface area (TPSA) is 80.3 Å². The fourth-order valence-corrected chi connectivity index (χ4v) is 1.33. The molecule has 14 heavy (non-hydrogen) atoms. The van der Waals surface area contributed by atoms with Crippen LogP contribution in [-0.2, 0) is 9.59 Å². The van der Waals surface area contributed by atoms with Gasteiger partial charge in [-0.1, -0.05) is 0 Å². The molecule has 0 aromatic carbocycles. The van der Waals surface area contributed by atoms with E-state index in [1.807, 2.05) is 0 Å². The number of Topliss-reactive ketones (excluding diaryl/α,β-unsaturated/α-hetero) is 2. The van der Waals surface area contributed by atoms with Gasteiger partial charge >= 0.3 is 116 Å². The van der Waals surface area contributed by atoms with Crippen LogP contribution in [0.2, 0.25) is 0 Å². The minimum absolute atomic E-state index is 0. The molecule has 0 atom stereocenters. The van der Waals surface area contributed by atoms with E-state index in [-0.39, 0.29) is 116 Å².